The Bertz CT molecular complexity index is 659. The predicted octanol–water partition coefficient (Wildman–Crippen LogP) is 1.70. The van der Waals surface area contributed by atoms with E-state index in [0.29, 0.717) is 26.1 Å². The molecule has 128 valence electrons. The Hall–Kier alpha value is -2.41. The van der Waals surface area contributed by atoms with E-state index >= 15 is 0 Å². The first-order valence-electron chi connectivity index (χ1n) is 8.26. The van der Waals surface area contributed by atoms with Crippen molar-refractivity contribution >= 4 is 11.7 Å². The van der Waals surface area contributed by atoms with E-state index in [4.69, 9.17) is 4.74 Å². The number of nitrogens with zero attached hydrogens (tertiary/aromatic N) is 4. The second-order valence-corrected chi connectivity index (χ2v) is 5.80. The standard InChI is InChI=1S/C17H23N5O2/c1-18-16-5-2-4-14(20-16)15-12-22(10-11-24-15)17(23)6-3-8-21-9-7-19-13-21/h2,4-5,7,9,13,15H,3,6,8,10-12H2,1H3,(H,18,20)/t15-/m1/s1. The fourth-order valence-corrected chi connectivity index (χ4v) is 2.81. The van der Waals surface area contributed by atoms with E-state index < -0.39 is 0 Å². The third-order valence-corrected chi connectivity index (χ3v) is 4.14. The molecule has 1 amide bonds. The van der Waals surface area contributed by atoms with Crippen molar-refractivity contribution in [3.8, 4) is 0 Å². The van der Waals surface area contributed by atoms with Gasteiger partial charge in [0, 0.05) is 39.0 Å². The highest BCUT2D eigenvalue weighted by Gasteiger charge is 2.26. The number of amides is 1. The van der Waals surface area contributed by atoms with Crippen LogP contribution in [-0.2, 0) is 16.1 Å². The molecule has 1 aliphatic rings. The normalized spacial score (nSPS) is 17.7. The van der Waals surface area contributed by atoms with Crippen molar-refractivity contribution in [2.75, 3.05) is 32.1 Å². The summed E-state index contributed by atoms with van der Waals surface area (Å²) in [5.41, 5.74) is 0.859. The lowest BCUT2D eigenvalue weighted by atomic mass is 10.1. The smallest absolute Gasteiger partial charge is 0.222 e. The van der Waals surface area contributed by atoms with Gasteiger partial charge >= 0.3 is 0 Å². The number of hydrogen-bond acceptors (Lipinski definition) is 5. The van der Waals surface area contributed by atoms with Gasteiger partial charge in [-0.2, -0.15) is 0 Å². The first-order chi connectivity index (χ1) is 11.8. The minimum absolute atomic E-state index is 0.162. The van der Waals surface area contributed by atoms with Crippen LogP contribution in [-0.4, -0.2) is 52.1 Å². The first-order valence-corrected chi connectivity index (χ1v) is 8.26. The molecule has 1 fully saturated rings. The molecular formula is C17H23N5O2. The summed E-state index contributed by atoms with van der Waals surface area (Å²) >= 11 is 0. The van der Waals surface area contributed by atoms with Gasteiger partial charge in [0.05, 0.1) is 25.2 Å². The summed E-state index contributed by atoms with van der Waals surface area (Å²) in [5.74, 6) is 0.980. The number of rotatable bonds is 6. The minimum atomic E-state index is -0.162. The van der Waals surface area contributed by atoms with Crippen molar-refractivity contribution in [3.63, 3.8) is 0 Å². The van der Waals surface area contributed by atoms with Crippen LogP contribution in [0.15, 0.2) is 36.9 Å². The maximum atomic E-state index is 12.4. The lowest BCUT2D eigenvalue weighted by Crippen LogP contribution is -2.42. The molecule has 7 heteroatoms. The van der Waals surface area contributed by atoms with Crippen LogP contribution >= 0.6 is 0 Å². The van der Waals surface area contributed by atoms with Crippen LogP contribution in [0.25, 0.3) is 0 Å². The number of carbonyl (C=O) groups excluding carboxylic acids is 1. The number of aryl methyl sites for hydroxylation is 1. The van der Waals surface area contributed by atoms with Gasteiger partial charge in [-0.1, -0.05) is 6.07 Å². The third-order valence-electron chi connectivity index (χ3n) is 4.14. The molecule has 24 heavy (non-hydrogen) atoms. The number of imidazole rings is 1. The van der Waals surface area contributed by atoms with Crippen LogP contribution in [0, 0.1) is 0 Å². The molecule has 7 nitrogen and oxygen atoms in total. The molecule has 0 aromatic carbocycles. The van der Waals surface area contributed by atoms with Gasteiger partial charge in [-0.15, -0.1) is 0 Å². The number of morpholine rings is 1. The minimum Gasteiger partial charge on any atom is -0.373 e. The van der Waals surface area contributed by atoms with Gasteiger partial charge in [0.25, 0.3) is 0 Å². The number of aromatic nitrogens is 3. The zero-order chi connectivity index (χ0) is 16.8. The van der Waals surface area contributed by atoms with Crippen molar-refractivity contribution in [1.82, 2.24) is 19.4 Å². The molecule has 3 heterocycles. The highest BCUT2D eigenvalue weighted by molar-refractivity contribution is 5.76. The van der Waals surface area contributed by atoms with E-state index in [1.165, 1.54) is 0 Å². The molecule has 2 aromatic rings. The lowest BCUT2D eigenvalue weighted by molar-refractivity contribution is -0.139. The molecule has 0 radical (unpaired) electrons. The first kappa shape index (κ1) is 16.4. The molecule has 1 atom stereocenters. The summed E-state index contributed by atoms with van der Waals surface area (Å²) in [7, 11) is 1.84. The van der Waals surface area contributed by atoms with Crippen molar-refractivity contribution in [1.29, 1.82) is 0 Å². The Morgan fingerprint density at radius 1 is 1.46 bits per heavy atom. The van der Waals surface area contributed by atoms with E-state index in [1.807, 2.05) is 40.9 Å². The van der Waals surface area contributed by atoms with Crippen molar-refractivity contribution < 1.29 is 9.53 Å². The van der Waals surface area contributed by atoms with Crippen LogP contribution in [0.5, 0.6) is 0 Å². The number of anilines is 1. The van der Waals surface area contributed by atoms with Gasteiger partial charge in [-0.25, -0.2) is 9.97 Å². The molecule has 1 N–H and O–H groups in total. The predicted molar refractivity (Wildman–Crippen MR) is 90.5 cm³/mol. The zero-order valence-electron chi connectivity index (χ0n) is 13.9. The SMILES string of the molecule is CNc1cccc([C@H]2CN(C(=O)CCCn3ccnc3)CCO2)n1. The summed E-state index contributed by atoms with van der Waals surface area (Å²) in [5, 5.41) is 3.03. The topological polar surface area (TPSA) is 72.3 Å². The van der Waals surface area contributed by atoms with Gasteiger partial charge in [-0.05, 0) is 18.6 Å². The number of pyridine rings is 1. The van der Waals surface area contributed by atoms with Gasteiger partial charge in [-0.3, -0.25) is 4.79 Å². The lowest BCUT2D eigenvalue weighted by Gasteiger charge is -2.33. The molecule has 3 rings (SSSR count). The van der Waals surface area contributed by atoms with E-state index in [0.717, 1.165) is 24.5 Å². The molecule has 0 saturated carbocycles. The molecule has 0 aliphatic carbocycles. The van der Waals surface area contributed by atoms with E-state index in [1.54, 1.807) is 12.5 Å². The molecule has 1 saturated heterocycles. The Balaban J connectivity index is 1.53. The monoisotopic (exact) mass is 329 g/mol. The van der Waals surface area contributed by atoms with E-state index in [2.05, 4.69) is 15.3 Å². The quantitative estimate of drug-likeness (QED) is 0.873. The molecule has 1 aliphatic heterocycles. The zero-order valence-corrected chi connectivity index (χ0v) is 13.9. The average Bonchev–Trinajstić information content (AvgIpc) is 3.15. The number of carbonyl (C=O) groups is 1. The molecule has 0 unspecified atom stereocenters. The summed E-state index contributed by atoms with van der Waals surface area (Å²) < 4.78 is 7.80. The van der Waals surface area contributed by atoms with Gasteiger partial charge in [0.1, 0.15) is 11.9 Å². The van der Waals surface area contributed by atoms with Crippen LogP contribution in [0.4, 0.5) is 5.82 Å². The molecule has 0 spiro atoms. The van der Waals surface area contributed by atoms with Gasteiger partial charge in [0.15, 0.2) is 0 Å². The summed E-state index contributed by atoms with van der Waals surface area (Å²) in [4.78, 5) is 22.9. The summed E-state index contributed by atoms with van der Waals surface area (Å²) in [6, 6.07) is 5.80. The fraction of sp³-hybridized carbons (Fsp3) is 0.471. The molecule has 2 aromatic heterocycles. The number of hydrogen-bond donors (Lipinski definition) is 1. The van der Waals surface area contributed by atoms with Gasteiger partial charge in [0.2, 0.25) is 5.91 Å². The second-order valence-electron chi connectivity index (χ2n) is 5.80. The largest absolute Gasteiger partial charge is 0.373 e. The van der Waals surface area contributed by atoms with Crippen LogP contribution in [0.2, 0.25) is 0 Å². The van der Waals surface area contributed by atoms with Gasteiger partial charge < -0.3 is 19.5 Å². The summed E-state index contributed by atoms with van der Waals surface area (Å²) in [6.45, 7) is 2.56. The van der Waals surface area contributed by atoms with Crippen molar-refractivity contribution in [2.24, 2.45) is 0 Å². The van der Waals surface area contributed by atoms with Crippen molar-refractivity contribution in [2.45, 2.75) is 25.5 Å². The number of nitrogens with one attached hydrogen (secondary N) is 1. The number of ether oxygens (including phenoxy) is 1. The molecule has 0 bridgehead atoms. The third kappa shape index (κ3) is 4.11. The van der Waals surface area contributed by atoms with Crippen LogP contribution < -0.4 is 5.32 Å². The highest BCUT2D eigenvalue weighted by Crippen LogP contribution is 2.22. The average molecular weight is 329 g/mol. The van der Waals surface area contributed by atoms with Crippen molar-refractivity contribution in [3.05, 3.63) is 42.6 Å². The molecular weight excluding hydrogens is 306 g/mol. The maximum absolute atomic E-state index is 12.4. The Morgan fingerprint density at radius 3 is 3.17 bits per heavy atom. The van der Waals surface area contributed by atoms with E-state index in [9.17, 15) is 4.79 Å². The maximum Gasteiger partial charge on any atom is 0.222 e. The second kappa shape index (κ2) is 7.92. The van der Waals surface area contributed by atoms with E-state index in [-0.39, 0.29) is 12.0 Å². The van der Waals surface area contributed by atoms with Crippen LogP contribution in [0.1, 0.15) is 24.6 Å². The fourth-order valence-electron chi connectivity index (χ4n) is 2.81. The Morgan fingerprint density at radius 2 is 2.38 bits per heavy atom. The summed E-state index contributed by atoms with van der Waals surface area (Å²) in [6.07, 6.45) is 6.62. The Labute approximate surface area is 141 Å². The highest BCUT2D eigenvalue weighted by atomic mass is 16.5. The van der Waals surface area contributed by atoms with Crippen LogP contribution in [0.3, 0.4) is 0 Å². The Kier molecular flexibility index (Phi) is 5.43.